The summed E-state index contributed by atoms with van der Waals surface area (Å²) in [6, 6.07) is 2.14. The Morgan fingerprint density at radius 3 is 2.29 bits per heavy atom. The molecule has 2 aliphatic carbocycles. The van der Waals surface area contributed by atoms with Crippen LogP contribution >= 0.6 is 0 Å². The minimum absolute atomic E-state index is 0.474. The highest BCUT2D eigenvalue weighted by Gasteiger charge is 2.41. The third-order valence-corrected chi connectivity index (χ3v) is 5.90. The fourth-order valence-electron chi connectivity index (χ4n) is 3.93. The lowest BCUT2D eigenvalue weighted by Crippen LogP contribution is -2.13. The van der Waals surface area contributed by atoms with Gasteiger partial charge in [0.1, 0.15) is 0 Å². The van der Waals surface area contributed by atoms with Crippen LogP contribution in [-0.4, -0.2) is 0 Å². The van der Waals surface area contributed by atoms with Crippen LogP contribution in [-0.2, 0) is 0 Å². The molecule has 0 spiro atoms. The lowest BCUT2D eigenvalue weighted by Gasteiger charge is -2.22. The molecule has 0 aliphatic heterocycles. The summed E-state index contributed by atoms with van der Waals surface area (Å²) in [5.41, 5.74) is 2.35. The average molecular weight is 280 g/mol. The fraction of sp³-hybridized carbons (Fsp3) is 0.579. The lowest BCUT2D eigenvalue weighted by molar-refractivity contribution is 0.317. The first-order valence-electron chi connectivity index (χ1n) is 7.87. The van der Waals surface area contributed by atoms with Gasteiger partial charge in [0, 0.05) is 0 Å². The summed E-state index contributed by atoms with van der Waals surface area (Å²) < 4.78 is 0. The van der Waals surface area contributed by atoms with Crippen molar-refractivity contribution in [1.29, 1.82) is 5.26 Å². The van der Waals surface area contributed by atoms with E-state index in [2.05, 4.69) is 44.7 Å². The summed E-state index contributed by atoms with van der Waals surface area (Å²) in [5.74, 6) is 3.74. The van der Waals surface area contributed by atoms with Crippen LogP contribution in [0, 0.1) is 47.5 Å². The number of hydrogen-bond donors (Lipinski definition) is 0. The zero-order valence-electron chi connectivity index (χ0n) is 13.4. The Morgan fingerprint density at radius 1 is 1.14 bits per heavy atom. The maximum Gasteiger partial charge on any atom is 0.204 e. The molecule has 2 aliphatic rings. The van der Waals surface area contributed by atoms with E-state index in [9.17, 15) is 0 Å². The first kappa shape index (κ1) is 15.6. The standard InChI is InChI=1S/C19H24N2/c1-12-13(2)15(4)18(14(12)3)10-16-6-8-17(11-20)19(21-5)9-7-16/h7-9,12-15,18H,6,10H2,1-4H3. The molecule has 0 amide bonds. The molecule has 0 aromatic heterocycles. The summed E-state index contributed by atoms with van der Waals surface area (Å²) >= 11 is 0. The fourth-order valence-corrected chi connectivity index (χ4v) is 3.93. The Labute approximate surface area is 128 Å². The van der Waals surface area contributed by atoms with Crippen molar-refractivity contribution in [3.8, 4) is 6.07 Å². The predicted octanol–water partition coefficient (Wildman–Crippen LogP) is 5.13. The van der Waals surface area contributed by atoms with Gasteiger partial charge in [-0.1, -0.05) is 51.5 Å². The first-order chi connectivity index (χ1) is 9.99. The van der Waals surface area contributed by atoms with E-state index < -0.39 is 0 Å². The molecule has 0 heterocycles. The Hall–Kier alpha value is -1.80. The summed E-state index contributed by atoms with van der Waals surface area (Å²) in [5, 5.41) is 9.12. The smallest absolute Gasteiger partial charge is 0.204 e. The van der Waals surface area contributed by atoms with Crippen LogP contribution in [0.5, 0.6) is 0 Å². The molecular weight excluding hydrogens is 256 g/mol. The molecule has 4 atom stereocenters. The van der Waals surface area contributed by atoms with Crippen molar-refractivity contribution < 1.29 is 0 Å². The van der Waals surface area contributed by atoms with E-state index in [0.717, 1.165) is 36.5 Å². The zero-order chi connectivity index (χ0) is 15.6. The van der Waals surface area contributed by atoms with Gasteiger partial charge in [-0.2, -0.15) is 5.26 Å². The normalized spacial score (nSPS) is 35.9. The molecule has 0 bridgehead atoms. The summed E-state index contributed by atoms with van der Waals surface area (Å²) in [4.78, 5) is 3.46. The highest BCUT2D eigenvalue weighted by molar-refractivity contribution is 5.49. The number of nitriles is 1. The van der Waals surface area contributed by atoms with Crippen LogP contribution in [0.25, 0.3) is 4.85 Å². The second kappa shape index (κ2) is 6.31. The van der Waals surface area contributed by atoms with Gasteiger partial charge in [-0.05, 0) is 42.4 Å². The molecule has 0 aromatic rings. The molecular formula is C19H24N2. The van der Waals surface area contributed by atoms with Crippen LogP contribution in [0.15, 0.2) is 35.1 Å². The largest absolute Gasteiger partial charge is 0.237 e. The topological polar surface area (TPSA) is 28.1 Å². The molecule has 1 saturated carbocycles. The third kappa shape index (κ3) is 2.96. The van der Waals surface area contributed by atoms with Crippen LogP contribution in [0.2, 0.25) is 0 Å². The Balaban J connectivity index is 2.17. The molecule has 0 saturated heterocycles. The Bertz CT molecular complexity index is 566. The van der Waals surface area contributed by atoms with Crippen molar-refractivity contribution in [3.05, 3.63) is 46.5 Å². The van der Waals surface area contributed by atoms with E-state index in [1.165, 1.54) is 5.57 Å². The zero-order valence-corrected chi connectivity index (χ0v) is 13.4. The minimum atomic E-state index is 0.474. The maximum atomic E-state index is 9.12. The van der Waals surface area contributed by atoms with Gasteiger partial charge in [0.05, 0.1) is 18.2 Å². The van der Waals surface area contributed by atoms with Crippen LogP contribution in [0.1, 0.15) is 40.5 Å². The molecule has 1 fully saturated rings. The maximum absolute atomic E-state index is 9.12. The SMILES string of the molecule is [C-]#[N+]C1=CC=C(CC2C(C)C(C)C(C)C2C)CC=C1C#N. The molecule has 21 heavy (non-hydrogen) atoms. The second-order valence-corrected chi connectivity index (χ2v) is 6.73. The molecule has 4 unspecified atom stereocenters. The van der Waals surface area contributed by atoms with Crippen LogP contribution in [0.3, 0.4) is 0 Å². The van der Waals surface area contributed by atoms with Crippen LogP contribution < -0.4 is 0 Å². The summed E-state index contributed by atoms with van der Waals surface area (Å²) in [6.45, 7) is 16.7. The molecule has 0 N–H and O–H groups in total. The second-order valence-electron chi connectivity index (χ2n) is 6.73. The van der Waals surface area contributed by atoms with Crippen molar-refractivity contribution >= 4 is 0 Å². The summed E-state index contributed by atoms with van der Waals surface area (Å²) in [6.07, 6.45) is 7.70. The van der Waals surface area contributed by atoms with Crippen molar-refractivity contribution in [2.45, 2.75) is 40.5 Å². The van der Waals surface area contributed by atoms with E-state index in [1.54, 1.807) is 0 Å². The van der Waals surface area contributed by atoms with Gasteiger partial charge in [0.2, 0.25) is 5.70 Å². The molecule has 2 rings (SSSR count). The molecule has 2 heteroatoms. The van der Waals surface area contributed by atoms with E-state index in [1.807, 2.05) is 12.2 Å². The van der Waals surface area contributed by atoms with E-state index in [0.29, 0.717) is 17.2 Å². The number of nitrogens with zero attached hydrogens (tertiary/aromatic N) is 2. The van der Waals surface area contributed by atoms with Gasteiger partial charge < -0.3 is 0 Å². The third-order valence-electron chi connectivity index (χ3n) is 5.90. The monoisotopic (exact) mass is 280 g/mol. The molecule has 2 nitrogen and oxygen atoms in total. The van der Waals surface area contributed by atoms with Gasteiger partial charge in [-0.15, -0.1) is 0 Å². The number of allylic oxidation sites excluding steroid dienone is 5. The summed E-state index contributed by atoms with van der Waals surface area (Å²) in [7, 11) is 0. The van der Waals surface area contributed by atoms with Gasteiger partial charge in [0.15, 0.2) is 0 Å². The molecule has 110 valence electrons. The van der Waals surface area contributed by atoms with Gasteiger partial charge in [-0.25, -0.2) is 4.85 Å². The van der Waals surface area contributed by atoms with Gasteiger partial charge in [-0.3, -0.25) is 0 Å². The highest BCUT2D eigenvalue weighted by atomic mass is 14.7. The van der Waals surface area contributed by atoms with E-state index in [-0.39, 0.29) is 0 Å². The molecule has 0 aromatic carbocycles. The Kier molecular flexibility index (Phi) is 4.69. The molecule has 0 radical (unpaired) electrons. The van der Waals surface area contributed by atoms with E-state index >= 15 is 0 Å². The van der Waals surface area contributed by atoms with Crippen LogP contribution in [0.4, 0.5) is 0 Å². The first-order valence-corrected chi connectivity index (χ1v) is 7.87. The quantitative estimate of drug-likeness (QED) is 0.644. The highest BCUT2D eigenvalue weighted by Crippen LogP contribution is 2.48. The predicted molar refractivity (Wildman–Crippen MR) is 85.8 cm³/mol. The van der Waals surface area contributed by atoms with Gasteiger partial charge in [0.25, 0.3) is 0 Å². The van der Waals surface area contributed by atoms with Crippen molar-refractivity contribution in [3.63, 3.8) is 0 Å². The number of rotatable bonds is 2. The van der Waals surface area contributed by atoms with E-state index in [4.69, 9.17) is 11.8 Å². The Morgan fingerprint density at radius 2 is 1.76 bits per heavy atom. The number of hydrogen-bond acceptors (Lipinski definition) is 1. The average Bonchev–Trinajstić information content (AvgIpc) is 2.68. The minimum Gasteiger partial charge on any atom is -0.237 e. The van der Waals surface area contributed by atoms with Gasteiger partial charge >= 0.3 is 0 Å². The van der Waals surface area contributed by atoms with Crippen molar-refractivity contribution in [2.24, 2.45) is 29.6 Å². The lowest BCUT2D eigenvalue weighted by atomic mass is 9.83. The van der Waals surface area contributed by atoms with Crippen molar-refractivity contribution in [1.82, 2.24) is 0 Å². The van der Waals surface area contributed by atoms with Crippen molar-refractivity contribution in [2.75, 3.05) is 0 Å².